The van der Waals surface area contributed by atoms with E-state index in [-0.39, 0.29) is 18.1 Å². The van der Waals surface area contributed by atoms with Crippen LogP contribution in [-0.4, -0.2) is 28.7 Å². The molecule has 0 aliphatic rings. The Labute approximate surface area is 164 Å². The van der Waals surface area contributed by atoms with E-state index in [1.54, 1.807) is 29.6 Å². The molecule has 0 saturated heterocycles. The Morgan fingerprint density at radius 1 is 1.19 bits per heavy atom. The van der Waals surface area contributed by atoms with Gasteiger partial charge < -0.3 is 4.57 Å². The van der Waals surface area contributed by atoms with Gasteiger partial charge in [-0.2, -0.15) is 16.8 Å². The third-order valence-corrected chi connectivity index (χ3v) is 6.27. The highest BCUT2D eigenvalue weighted by Gasteiger charge is 2.09. The Bertz CT molecular complexity index is 977. The van der Waals surface area contributed by atoms with Crippen molar-refractivity contribution < 1.29 is 9.18 Å². The second kappa shape index (κ2) is 8.88. The van der Waals surface area contributed by atoms with E-state index in [2.05, 4.69) is 4.99 Å². The number of aryl methyl sites for hydroxylation is 1. The van der Waals surface area contributed by atoms with Crippen molar-refractivity contribution in [1.82, 2.24) is 4.57 Å². The van der Waals surface area contributed by atoms with E-state index < -0.39 is 0 Å². The number of hydrogen-bond donors (Lipinski definition) is 0. The number of rotatable bonds is 6. The molecule has 0 spiro atoms. The van der Waals surface area contributed by atoms with Gasteiger partial charge in [0.25, 0.3) is 5.91 Å². The number of benzene rings is 2. The summed E-state index contributed by atoms with van der Waals surface area (Å²) in [7, 11) is 0. The van der Waals surface area contributed by atoms with Gasteiger partial charge in [0.05, 0.1) is 16.6 Å². The minimum Gasteiger partial charge on any atom is -0.316 e. The molecule has 136 valence electrons. The zero-order valence-corrected chi connectivity index (χ0v) is 17.0. The highest BCUT2D eigenvalue weighted by atomic mass is 32.2. The summed E-state index contributed by atoms with van der Waals surface area (Å²) in [6.07, 6.45) is 4.32. The number of halogens is 1. The molecule has 3 nitrogen and oxygen atoms in total. The summed E-state index contributed by atoms with van der Waals surface area (Å²) in [6, 6.07) is 12.6. The molecule has 0 bridgehead atoms. The van der Waals surface area contributed by atoms with Crippen molar-refractivity contribution in [2.75, 3.05) is 18.3 Å². The quantitative estimate of drug-likeness (QED) is 0.561. The van der Waals surface area contributed by atoms with Crippen LogP contribution in [0.1, 0.15) is 5.56 Å². The summed E-state index contributed by atoms with van der Waals surface area (Å²) in [5.74, 6) is 0.440. The van der Waals surface area contributed by atoms with Crippen LogP contribution in [0.3, 0.4) is 0 Å². The summed E-state index contributed by atoms with van der Waals surface area (Å²) in [5, 5.41) is 0. The lowest BCUT2D eigenvalue weighted by Gasteiger charge is -2.04. The minimum atomic E-state index is -0.275. The highest BCUT2D eigenvalue weighted by molar-refractivity contribution is 7.98. The summed E-state index contributed by atoms with van der Waals surface area (Å²) < 4.78 is 16.3. The standard InChI is InChI=1S/C19H19FN2OS3/c1-24-10-9-22-16-8-5-14(20)12-17(16)26-19(22)21-18(23)11-13-3-6-15(25-2)7-4-13/h3-8,12H,9-11H2,1-2H3. The molecule has 1 heterocycles. The van der Waals surface area contributed by atoms with Crippen LogP contribution in [0.25, 0.3) is 10.2 Å². The van der Waals surface area contributed by atoms with Gasteiger partial charge in [0.15, 0.2) is 4.80 Å². The minimum absolute atomic E-state index is 0.188. The first-order chi connectivity index (χ1) is 12.6. The van der Waals surface area contributed by atoms with Crippen LogP contribution >= 0.6 is 34.9 Å². The number of amides is 1. The normalized spacial score (nSPS) is 12.0. The number of thioether (sulfide) groups is 2. The molecule has 0 atom stereocenters. The van der Waals surface area contributed by atoms with Gasteiger partial charge in [-0.25, -0.2) is 4.39 Å². The van der Waals surface area contributed by atoms with Gasteiger partial charge >= 0.3 is 0 Å². The van der Waals surface area contributed by atoms with E-state index >= 15 is 0 Å². The van der Waals surface area contributed by atoms with Crippen molar-refractivity contribution in [3.63, 3.8) is 0 Å². The monoisotopic (exact) mass is 406 g/mol. The van der Waals surface area contributed by atoms with Crippen LogP contribution in [0.2, 0.25) is 0 Å². The second-order valence-corrected chi connectivity index (χ2v) is 8.55. The van der Waals surface area contributed by atoms with Crippen LogP contribution < -0.4 is 4.80 Å². The molecule has 2 aromatic carbocycles. The average molecular weight is 407 g/mol. The number of aromatic nitrogens is 1. The van der Waals surface area contributed by atoms with Gasteiger partial charge in [0, 0.05) is 17.2 Å². The molecule has 3 rings (SSSR count). The molecule has 1 aromatic heterocycles. The third-order valence-electron chi connectivity index (χ3n) is 3.90. The summed E-state index contributed by atoms with van der Waals surface area (Å²) in [6.45, 7) is 0.737. The lowest BCUT2D eigenvalue weighted by atomic mass is 10.1. The molecule has 0 aliphatic carbocycles. The molecular formula is C19H19FN2OS3. The highest BCUT2D eigenvalue weighted by Crippen LogP contribution is 2.19. The molecule has 0 saturated carbocycles. The van der Waals surface area contributed by atoms with Gasteiger partial charge in [0.1, 0.15) is 5.82 Å². The SMILES string of the molecule is CSCCn1c(=NC(=O)Cc2ccc(SC)cc2)sc2cc(F)ccc21. The van der Waals surface area contributed by atoms with Crippen molar-refractivity contribution in [2.45, 2.75) is 17.9 Å². The molecule has 3 aromatic rings. The van der Waals surface area contributed by atoms with Crippen LogP contribution in [0.4, 0.5) is 4.39 Å². The predicted molar refractivity (Wildman–Crippen MR) is 111 cm³/mol. The first-order valence-electron chi connectivity index (χ1n) is 8.09. The number of carbonyl (C=O) groups is 1. The fraction of sp³-hybridized carbons (Fsp3) is 0.263. The van der Waals surface area contributed by atoms with E-state index in [4.69, 9.17) is 0 Å². The number of hydrogen-bond acceptors (Lipinski definition) is 4. The van der Waals surface area contributed by atoms with E-state index in [1.165, 1.54) is 28.4 Å². The fourth-order valence-electron chi connectivity index (χ4n) is 2.60. The van der Waals surface area contributed by atoms with E-state index in [0.29, 0.717) is 4.80 Å². The lowest BCUT2D eigenvalue weighted by molar-refractivity contribution is -0.117. The van der Waals surface area contributed by atoms with E-state index in [9.17, 15) is 9.18 Å². The molecule has 7 heteroatoms. The molecule has 1 amide bonds. The Hall–Kier alpha value is -1.57. The smallest absolute Gasteiger partial charge is 0.252 e. The molecule has 0 fully saturated rings. The van der Waals surface area contributed by atoms with Crippen LogP contribution in [0, 0.1) is 5.82 Å². The number of fused-ring (bicyclic) bond motifs is 1. The van der Waals surface area contributed by atoms with Crippen LogP contribution in [0.15, 0.2) is 52.4 Å². The molecule has 0 radical (unpaired) electrons. The molecule has 0 aliphatic heterocycles. The number of nitrogens with zero attached hydrogens (tertiary/aromatic N) is 2. The third kappa shape index (κ3) is 4.58. The first kappa shape index (κ1) is 19.2. The van der Waals surface area contributed by atoms with Gasteiger partial charge in [-0.1, -0.05) is 23.5 Å². The van der Waals surface area contributed by atoms with Crippen molar-refractivity contribution >= 4 is 51.0 Å². The van der Waals surface area contributed by atoms with Crippen molar-refractivity contribution in [3.05, 3.63) is 58.6 Å². The topological polar surface area (TPSA) is 34.4 Å². The fourth-order valence-corrected chi connectivity index (χ4v) is 4.47. The summed E-state index contributed by atoms with van der Waals surface area (Å²) in [4.78, 5) is 18.6. The lowest BCUT2D eigenvalue weighted by Crippen LogP contribution is -2.18. The zero-order valence-electron chi connectivity index (χ0n) is 14.6. The predicted octanol–water partition coefficient (Wildman–Crippen LogP) is 4.60. The van der Waals surface area contributed by atoms with Gasteiger partial charge in [-0.05, 0) is 48.4 Å². The number of carbonyl (C=O) groups excluding carboxylic acids is 1. The maximum Gasteiger partial charge on any atom is 0.252 e. The Kier molecular flexibility index (Phi) is 6.56. The van der Waals surface area contributed by atoms with Gasteiger partial charge in [-0.15, -0.1) is 11.8 Å². The van der Waals surface area contributed by atoms with Gasteiger partial charge in [0.2, 0.25) is 0 Å². The van der Waals surface area contributed by atoms with Crippen molar-refractivity contribution in [1.29, 1.82) is 0 Å². The van der Waals surface area contributed by atoms with Crippen molar-refractivity contribution in [3.8, 4) is 0 Å². The maximum atomic E-state index is 13.5. The van der Waals surface area contributed by atoms with Crippen molar-refractivity contribution in [2.24, 2.45) is 4.99 Å². The summed E-state index contributed by atoms with van der Waals surface area (Å²) >= 11 is 4.75. The van der Waals surface area contributed by atoms with Crippen LogP contribution in [0.5, 0.6) is 0 Å². The summed E-state index contributed by atoms with van der Waals surface area (Å²) in [5.41, 5.74) is 1.86. The Morgan fingerprint density at radius 2 is 1.96 bits per heavy atom. The van der Waals surface area contributed by atoms with E-state index in [1.807, 2.05) is 41.3 Å². The van der Waals surface area contributed by atoms with E-state index in [0.717, 1.165) is 28.1 Å². The average Bonchev–Trinajstić information content (AvgIpc) is 2.96. The maximum absolute atomic E-state index is 13.5. The Morgan fingerprint density at radius 3 is 2.65 bits per heavy atom. The number of thiazole rings is 1. The second-order valence-electron chi connectivity index (χ2n) is 5.67. The molecule has 0 unspecified atom stereocenters. The van der Waals surface area contributed by atoms with Crippen LogP contribution in [-0.2, 0) is 17.8 Å². The zero-order chi connectivity index (χ0) is 18.5. The first-order valence-corrected chi connectivity index (χ1v) is 11.5. The molecule has 26 heavy (non-hydrogen) atoms. The molecular weight excluding hydrogens is 387 g/mol. The Balaban J connectivity index is 1.92. The largest absolute Gasteiger partial charge is 0.316 e. The molecule has 0 N–H and O–H groups in total. The van der Waals surface area contributed by atoms with Gasteiger partial charge in [-0.3, -0.25) is 4.79 Å².